The van der Waals surface area contributed by atoms with Crippen LogP contribution >= 0.6 is 0 Å². The Morgan fingerprint density at radius 2 is 2.25 bits per heavy atom. The van der Waals surface area contributed by atoms with E-state index in [9.17, 15) is 4.79 Å². The van der Waals surface area contributed by atoms with Crippen molar-refractivity contribution in [3.63, 3.8) is 0 Å². The van der Waals surface area contributed by atoms with Gasteiger partial charge in [0.05, 0.1) is 0 Å². The van der Waals surface area contributed by atoms with E-state index in [1.165, 1.54) is 12.8 Å². The maximum atomic E-state index is 11.4. The number of carbonyl (C=O) groups is 1. The summed E-state index contributed by atoms with van der Waals surface area (Å²) in [6, 6.07) is 0.519. The Kier molecular flexibility index (Phi) is 3.57. The molecule has 2 heteroatoms. The molecule has 0 spiro atoms. The number of nitrogens with zero attached hydrogens (tertiary/aromatic N) is 1. The molecule has 1 saturated heterocycles. The Hall–Kier alpha value is -0.530. The average Bonchev–Trinajstić information content (AvgIpc) is 2.47. The molecule has 0 N–H and O–H groups in total. The van der Waals surface area contributed by atoms with Gasteiger partial charge >= 0.3 is 0 Å². The molecule has 1 rings (SSSR count). The molecule has 1 heterocycles. The first kappa shape index (κ1) is 9.56. The molecule has 1 aliphatic rings. The summed E-state index contributed by atoms with van der Waals surface area (Å²) in [5, 5.41) is 0. The highest BCUT2D eigenvalue weighted by molar-refractivity contribution is 5.78. The van der Waals surface area contributed by atoms with Crippen molar-refractivity contribution >= 4 is 5.91 Å². The van der Waals surface area contributed by atoms with Crippen LogP contribution in [0.1, 0.15) is 46.0 Å². The van der Waals surface area contributed by atoms with Gasteiger partial charge in [-0.1, -0.05) is 20.3 Å². The van der Waals surface area contributed by atoms with Crippen LogP contribution in [-0.2, 0) is 4.79 Å². The monoisotopic (exact) mass is 169 g/mol. The van der Waals surface area contributed by atoms with Gasteiger partial charge in [0, 0.05) is 19.0 Å². The molecule has 1 aliphatic heterocycles. The molecule has 70 valence electrons. The largest absolute Gasteiger partial charge is 0.340 e. The van der Waals surface area contributed by atoms with Crippen LogP contribution in [0, 0.1) is 0 Å². The van der Waals surface area contributed by atoms with Crippen LogP contribution in [-0.4, -0.2) is 23.4 Å². The van der Waals surface area contributed by atoms with Crippen molar-refractivity contribution in [3.05, 3.63) is 0 Å². The van der Waals surface area contributed by atoms with E-state index in [-0.39, 0.29) is 0 Å². The van der Waals surface area contributed by atoms with Crippen LogP contribution in [0.5, 0.6) is 0 Å². The van der Waals surface area contributed by atoms with Crippen molar-refractivity contribution in [2.24, 2.45) is 0 Å². The van der Waals surface area contributed by atoms with Crippen LogP contribution in [0.4, 0.5) is 0 Å². The highest BCUT2D eigenvalue weighted by Crippen LogP contribution is 2.18. The average molecular weight is 169 g/mol. The predicted octanol–water partition coefficient (Wildman–Crippen LogP) is 2.19. The molecule has 0 radical (unpaired) electrons. The van der Waals surface area contributed by atoms with Crippen molar-refractivity contribution < 1.29 is 4.79 Å². The molecule has 2 nitrogen and oxygen atoms in total. The summed E-state index contributed by atoms with van der Waals surface area (Å²) in [4.78, 5) is 13.4. The lowest BCUT2D eigenvalue weighted by molar-refractivity contribution is -0.129. The summed E-state index contributed by atoms with van der Waals surface area (Å²) in [5.74, 6) is 0.371. The smallest absolute Gasteiger partial charge is 0.222 e. The second-order valence-electron chi connectivity index (χ2n) is 3.54. The third-order valence-corrected chi connectivity index (χ3v) is 2.64. The van der Waals surface area contributed by atoms with E-state index in [1.54, 1.807) is 0 Å². The van der Waals surface area contributed by atoms with Crippen molar-refractivity contribution in [3.8, 4) is 0 Å². The summed E-state index contributed by atoms with van der Waals surface area (Å²) >= 11 is 0. The van der Waals surface area contributed by atoms with Crippen LogP contribution in [0.25, 0.3) is 0 Å². The quantitative estimate of drug-likeness (QED) is 0.631. The SMILES string of the molecule is CCCC(CC)N1CCCC1=O. The van der Waals surface area contributed by atoms with Gasteiger partial charge in [0.25, 0.3) is 0 Å². The molecule has 1 fully saturated rings. The fourth-order valence-electron chi connectivity index (χ4n) is 1.97. The molecular weight excluding hydrogens is 150 g/mol. The van der Waals surface area contributed by atoms with Gasteiger partial charge in [-0.2, -0.15) is 0 Å². The van der Waals surface area contributed by atoms with Crippen molar-refractivity contribution in [1.82, 2.24) is 4.90 Å². The second kappa shape index (κ2) is 4.48. The Bertz CT molecular complexity index is 156. The maximum Gasteiger partial charge on any atom is 0.222 e. The minimum Gasteiger partial charge on any atom is -0.340 e. The van der Waals surface area contributed by atoms with Crippen LogP contribution in [0.2, 0.25) is 0 Å². The van der Waals surface area contributed by atoms with Crippen molar-refractivity contribution in [1.29, 1.82) is 0 Å². The molecule has 1 unspecified atom stereocenters. The Morgan fingerprint density at radius 3 is 2.67 bits per heavy atom. The van der Waals surface area contributed by atoms with E-state index in [2.05, 4.69) is 18.7 Å². The van der Waals surface area contributed by atoms with Crippen LogP contribution < -0.4 is 0 Å². The van der Waals surface area contributed by atoms with Gasteiger partial charge in [0.1, 0.15) is 0 Å². The van der Waals surface area contributed by atoms with E-state index in [4.69, 9.17) is 0 Å². The first-order valence-corrected chi connectivity index (χ1v) is 5.09. The normalized spacial score (nSPS) is 20.2. The van der Waals surface area contributed by atoms with Crippen molar-refractivity contribution in [2.45, 2.75) is 52.0 Å². The Labute approximate surface area is 74.9 Å². The number of hydrogen-bond acceptors (Lipinski definition) is 1. The molecule has 0 aromatic carbocycles. The van der Waals surface area contributed by atoms with E-state index in [0.29, 0.717) is 11.9 Å². The number of likely N-dealkylation sites (tertiary alicyclic amines) is 1. The Balaban J connectivity index is 2.46. The molecule has 1 amide bonds. The number of hydrogen-bond donors (Lipinski definition) is 0. The molecule has 0 aromatic rings. The zero-order chi connectivity index (χ0) is 8.97. The van der Waals surface area contributed by atoms with Gasteiger partial charge in [-0.25, -0.2) is 0 Å². The van der Waals surface area contributed by atoms with Gasteiger partial charge in [-0.05, 0) is 19.3 Å². The lowest BCUT2D eigenvalue weighted by Crippen LogP contribution is -2.35. The van der Waals surface area contributed by atoms with Gasteiger partial charge in [-0.3, -0.25) is 4.79 Å². The van der Waals surface area contributed by atoms with Crippen LogP contribution in [0.15, 0.2) is 0 Å². The second-order valence-corrected chi connectivity index (χ2v) is 3.54. The molecule has 1 atom stereocenters. The summed E-state index contributed by atoms with van der Waals surface area (Å²) in [5.41, 5.74) is 0. The third kappa shape index (κ3) is 1.99. The molecular formula is C10H19NO. The van der Waals surface area contributed by atoms with E-state index in [0.717, 1.165) is 25.8 Å². The molecule has 0 bridgehead atoms. The maximum absolute atomic E-state index is 11.4. The predicted molar refractivity (Wildman–Crippen MR) is 49.9 cm³/mol. The fraction of sp³-hybridized carbons (Fsp3) is 0.900. The molecule has 12 heavy (non-hydrogen) atoms. The summed E-state index contributed by atoms with van der Waals surface area (Å²) in [6.07, 6.45) is 5.31. The van der Waals surface area contributed by atoms with Gasteiger partial charge in [0.2, 0.25) is 5.91 Å². The van der Waals surface area contributed by atoms with Gasteiger partial charge in [0.15, 0.2) is 0 Å². The summed E-state index contributed by atoms with van der Waals surface area (Å²) < 4.78 is 0. The van der Waals surface area contributed by atoms with E-state index in [1.807, 2.05) is 0 Å². The Morgan fingerprint density at radius 1 is 1.50 bits per heavy atom. The molecule has 0 aromatic heterocycles. The van der Waals surface area contributed by atoms with Gasteiger partial charge < -0.3 is 4.90 Å². The third-order valence-electron chi connectivity index (χ3n) is 2.64. The highest BCUT2D eigenvalue weighted by atomic mass is 16.2. The van der Waals surface area contributed by atoms with Gasteiger partial charge in [-0.15, -0.1) is 0 Å². The van der Waals surface area contributed by atoms with Crippen LogP contribution in [0.3, 0.4) is 0 Å². The zero-order valence-electron chi connectivity index (χ0n) is 8.18. The topological polar surface area (TPSA) is 20.3 Å². The summed E-state index contributed by atoms with van der Waals surface area (Å²) in [6.45, 7) is 5.35. The first-order chi connectivity index (χ1) is 5.79. The molecule has 0 saturated carbocycles. The minimum absolute atomic E-state index is 0.371. The standard InChI is InChI=1S/C10H19NO/c1-3-6-9(4-2)11-8-5-7-10(11)12/h9H,3-8H2,1-2H3. The van der Waals surface area contributed by atoms with E-state index >= 15 is 0 Å². The number of amides is 1. The minimum atomic E-state index is 0.371. The lowest BCUT2D eigenvalue weighted by atomic mass is 10.1. The first-order valence-electron chi connectivity index (χ1n) is 5.09. The number of rotatable bonds is 4. The number of carbonyl (C=O) groups excluding carboxylic acids is 1. The molecule has 0 aliphatic carbocycles. The van der Waals surface area contributed by atoms with E-state index < -0.39 is 0 Å². The lowest BCUT2D eigenvalue weighted by Gasteiger charge is -2.26. The fourth-order valence-corrected chi connectivity index (χ4v) is 1.97. The summed E-state index contributed by atoms with van der Waals surface area (Å²) in [7, 11) is 0. The van der Waals surface area contributed by atoms with Crippen molar-refractivity contribution in [2.75, 3.05) is 6.54 Å². The zero-order valence-corrected chi connectivity index (χ0v) is 8.18. The highest BCUT2D eigenvalue weighted by Gasteiger charge is 2.25.